The van der Waals surface area contributed by atoms with E-state index in [-0.39, 0.29) is 11.9 Å². The van der Waals surface area contributed by atoms with Crippen molar-refractivity contribution in [3.8, 4) is 0 Å². The average molecular weight is 213 g/mol. The van der Waals surface area contributed by atoms with Gasteiger partial charge in [0.1, 0.15) is 0 Å². The quantitative estimate of drug-likeness (QED) is 0.690. The third kappa shape index (κ3) is 3.80. The standard InChI is InChI=1S/C11H23N3O/c1-8(2)6-14(7-11(13)15)10-5-3-4-9(10)12/h8-10H,3-7,12H2,1-2H3,(H2,13,15). The van der Waals surface area contributed by atoms with Crippen molar-refractivity contribution < 1.29 is 4.79 Å². The van der Waals surface area contributed by atoms with Gasteiger partial charge in [-0.2, -0.15) is 0 Å². The molecule has 4 heteroatoms. The highest BCUT2D eigenvalue weighted by Gasteiger charge is 2.30. The van der Waals surface area contributed by atoms with E-state index in [1.54, 1.807) is 0 Å². The van der Waals surface area contributed by atoms with Crippen LogP contribution in [0.5, 0.6) is 0 Å². The molecule has 88 valence electrons. The van der Waals surface area contributed by atoms with E-state index in [9.17, 15) is 4.79 Å². The summed E-state index contributed by atoms with van der Waals surface area (Å²) >= 11 is 0. The molecule has 0 aromatic heterocycles. The van der Waals surface area contributed by atoms with Crippen molar-refractivity contribution >= 4 is 5.91 Å². The van der Waals surface area contributed by atoms with Gasteiger partial charge in [0.05, 0.1) is 6.54 Å². The van der Waals surface area contributed by atoms with Crippen molar-refractivity contribution in [1.29, 1.82) is 0 Å². The number of hydrogen-bond donors (Lipinski definition) is 2. The number of rotatable bonds is 5. The second-order valence-corrected chi connectivity index (χ2v) is 4.95. The van der Waals surface area contributed by atoms with E-state index in [4.69, 9.17) is 11.5 Å². The molecule has 1 rings (SSSR count). The highest BCUT2D eigenvalue weighted by molar-refractivity contribution is 5.76. The molecule has 4 N–H and O–H groups in total. The summed E-state index contributed by atoms with van der Waals surface area (Å²) in [5.41, 5.74) is 11.3. The molecule has 2 unspecified atom stereocenters. The molecule has 0 spiro atoms. The number of amides is 1. The summed E-state index contributed by atoms with van der Waals surface area (Å²) < 4.78 is 0. The number of carbonyl (C=O) groups excluding carboxylic acids is 1. The number of nitrogens with two attached hydrogens (primary N) is 2. The van der Waals surface area contributed by atoms with Gasteiger partial charge in [-0.05, 0) is 18.8 Å². The Morgan fingerprint density at radius 3 is 2.53 bits per heavy atom. The van der Waals surface area contributed by atoms with Crippen LogP contribution in [0, 0.1) is 5.92 Å². The van der Waals surface area contributed by atoms with Gasteiger partial charge in [0.2, 0.25) is 5.91 Å². The zero-order valence-corrected chi connectivity index (χ0v) is 9.78. The maximum Gasteiger partial charge on any atom is 0.231 e. The van der Waals surface area contributed by atoms with Gasteiger partial charge in [-0.15, -0.1) is 0 Å². The summed E-state index contributed by atoms with van der Waals surface area (Å²) in [6.07, 6.45) is 3.33. The Balaban J connectivity index is 2.57. The predicted molar refractivity (Wildman–Crippen MR) is 61.2 cm³/mol. The molecule has 0 saturated heterocycles. The molecular formula is C11H23N3O. The van der Waals surface area contributed by atoms with Crippen LogP contribution < -0.4 is 11.5 Å². The molecule has 0 aromatic carbocycles. The van der Waals surface area contributed by atoms with Crippen molar-refractivity contribution in [2.24, 2.45) is 17.4 Å². The first-order valence-corrected chi connectivity index (χ1v) is 5.78. The third-order valence-corrected chi connectivity index (χ3v) is 2.96. The highest BCUT2D eigenvalue weighted by atomic mass is 16.1. The zero-order chi connectivity index (χ0) is 11.4. The first kappa shape index (κ1) is 12.5. The van der Waals surface area contributed by atoms with Crippen LogP contribution in [-0.4, -0.2) is 36.0 Å². The predicted octanol–water partition coefficient (Wildman–Crippen LogP) is 0.310. The molecule has 1 amide bonds. The van der Waals surface area contributed by atoms with Crippen LogP contribution in [0.3, 0.4) is 0 Å². The van der Waals surface area contributed by atoms with E-state index in [0.29, 0.717) is 18.5 Å². The van der Waals surface area contributed by atoms with Crippen molar-refractivity contribution in [2.75, 3.05) is 13.1 Å². The maximum absolute atomic E-state index is 11.0. The second-order valence-electron chi connectivity index (χ2n) is 4.95. The fourth-order valence-corrected chi connectivity index (χ4v) is 2.41. The number of hydrogen-bond acceptors (Lipinski definition) is 3. The average Bonchev–Trinajstić information content (AvgIpc) is 2.48. The summed E-state index contributed by atoms with van der Waals surface area (Å²) in [5.74, 6) is 0.284. The molecule has 1 aliphatic carbocycles. The lowest BCUT2D eigenvalue weighted by molar-refractivity contribution is -0.119. The summed E-state index contributed by atoms with van der Waals surface area (Å²) in [6, 6.07) is 0.558. The van der Waals surface area contributed by atoms with Crippen LogP contribution in [0.25, 0.3) is 0 Å². The summed E-state index contributed by atoms with van der Waals surface area (Å²) in [7, 11) is 0. The monoisotopic (exact) mass is 213 g/mol. The van der Waals surface area contributed by atoms with E-state index in [2.05, 4.69) is 18.7 Å². The van der Waals surface area contributed by atoms with E-state index in [1.807, 2.05) is 0 Å². The van der Waals surface area contributed by atoms with Crippen molar-refractivity contribution in [2.45, 2.75) is 45.2 Å². The molecule has 0 aliphatic heterocycles. The smallest absolute Gasteiger partial charge is 0.231 e. The SMILES string of the molecule is CC(C)CN(CC(N)=O)C1CCCC1N. The largest absolute Gasteiger partial charge is 0.369 e. The van der Waals surface area contributed by atoms with Crippen molar-refractivity contribution in [1.82, 2.24) is 4.90 Å². The van der Waals surface area contributed by atoms with Crippen LogP contribution in [0.2, 0.25) is 0 Å². The normalized spacial score (nSPS) is 26.5. The first-order valence-electron chi connectivity index (χ1n) is 5.78. The minimum atomic E-state index is -0.255. The second kappa shape index (κ2) is 5.47. The lowest BCUT2D eigenvalue weighted by Gasteiger charge is -2.31. The molecule has 2 atom stereocenters. The molecule has 0 radical (unpaired) electrons. The third-order valence-electron chi connectivity index (χ3n) is 2.96. The Bertz CT molecular complexity index is 218. The Morgan fingerprint density at radius 1 is 1.47 bits per heavy atom. The topological polar surface area (TPSA) is 72.3 Å². The summed E-state index contributed by atoms with van der Waals surface area (Å²) in [6.45, 7) is 5.54. The van der Waals surface area contributed by atoms with Gasteiger partial charge in [0.25, 0.3) is 0 Å². The van der Waals surface area contributed by atoms with E-state index in [1.165, 1.54) is 6.42 Å². The van der Waals surface area contributed by atoms with E-state index in [0.717, 1.165) is 19.4 Å². The number of primary amides is 1. The highest BCUT2D eigenvalue weighted by Crippen LogP contribution is 2.23. The van der Waals surface area contributed by atoms with Crippen LogP contribution in [0.1, 0.15) is 33.1 Å². The lowest BCUT2D eigenvalue weighted by Crippen LogP contribution is -2.49. The van der Waals surface area contributed by atoms with Gasteiger partial charge in [-0.1, -0.05) is 20.3 Å². The van der Waals surface area contributed by atoms with Gasteiger partial charge < -0.3 is 11.5 Å². The van der Waals surface area contributed by atoms with Crippen LogP contribution >= 0.6 is 0 Å². The minimum Gasteiger partial charge on any atom is -0.369 e. The Kier molecular flexibility index (Phi) is 4.54. The molecule has 0 bridgehead atoms. The van der Waals surface area contributed by atoms with Gasteiger partial charge in [0.15, 0.2) is 0 Å². The Morgan fingerprint density at radius 2 is 2.13 bits per heavy atom. The number of nitrogens with zero attached hydrogens (tertiary/aromatic N) is 1. The van der Waals surface area contributed by atoms with Gasteiger partial charge in [0, 0.05) is 18.6 Å². The molecule has 1 saturated carbocycles. The van der Waals surface area contributed by atoms with Crippen molar-refractivity contribution in [3.05, 3.63) is 0 Å². The molecule has 0 heterocycles. The molecule has 1 fully saturated rings. The Labute approximate surface area is 92.0 Å². The first-order chi connectivity index (χ1) is 7.00. The van der Waals surface area contributed by atoms with Gasteiger partial charge >= 0.3 is 0 Å². The summed E-state index contributed by atoms with van der Waals surface area (Å²) in [5, 5.41) is 0. The van der Waals surface area contributed by atoms with Crippen molar-refractivity contribution in [3.63, 3.8) is 0 Å². The zero-order valence-electron chi connectivity index (χ0n) is 9.78. The van der Waals surface area contributed by atoms with Gasteiger partial charge in [-0.3, -0.25) is 9.69 Å². The summed E-state index contributed by atoms with van der Waals surface area (Å²) in [4.78, 5) is 13.2. The van der Waals surface area contributed by atoms with Gasteiger partial charge in [-0.25, -0.2) is 0 Å². The Hall–Kier alpha value is -0.610. The number of carbonyl (C=O) groups is 1. The van der Waals surface area contributed by atoms with Crippen LogP contribution in [0.4, 0.5) is 0 Å². The van der Waals surface area contributed by atoms with Crippen LogP contribution in [0.15, 0.2) is 0 Å². The van der Waals surface area contributed by atoms with Crippen LogP contribution in [-0.2, 0) is 4.79 Å². The maximum atomic E-state index is 11.0. The molecule has 4 nitrogen and oxygen atoms in total. The fraction of sp³-hybridized carbons (Fsp3) is 0.909. The molecule has 0 aromatic rings. The van der Waals surface area contributed by atoms with E-state index < -0.39 is 0 Å². The fourth-order valence-electron chi connectivity index (χ4n) is 2.41. The molecule has 15 heavy (non-hydrogen) atoms. The molecular weight excluding hydrogens is 190 g/mol. The lowest BCUT2D eigenvalue weighted by atomic mass is 10.1. The minimum absolute atomic E-state index is 0.211. The van der Waals surface area contributed by atoms with E-state index >= 15 is 0 Å². The molecule has 1 aliphatic rings.